The maximum Gasteiger partial charge on any atom is 0.325 e. The van der Waals surface area contributed by atoms with E-state index in [0.29, 0.717) is 6.42 Å². The zero-order valence-corrected chi connectivity index (χ0v) is 11.9. The fourth-order valence-electron chi connectivity index (χ4n) is 2.54. The number of hydrogen-bond acceptors (Lipinski definition) is 3. The van der Waals surface area contributed by atoms with Crippen molar-refractivity contribution in [2.75, 3.05) is 5.32 Å². The van der Waals surface area contributed by atoms with Gasteiger partial charge in [-0.2, -0.15) is 5.10 Å². The standard InChI is InChI=1S/C15H13F2N3O3/c16-10-2-1-3-11(17)14(10)8-6-9(8)15(23)18-12-4-5-20(19-12)7-13(21)22/h1-5,8-9H,6-7H2,(H,21,22)(H,18,19,23). The molecular weight excluding hydrogens is 308 g/mol. The third-order valence-corrected chi connectivity index (χ3v) is 3.69. The Labute approximate surface area is 129 Å². The molecule has 1 aromatic heterocycles. The normalized spacial score (nSPS) is 19.4. The number of hydrogen-bond donors (Lipinski definition) is 2. The van der Waals surface area contributed by atoms with Gasteiger partial charge in [-0.3, -0.25) is 14.3 Å². The molecule has 6 nitrogen and oxygen atoms in total. The van der Waals surface area contributed by atoms with Crippen LogP contribution in [0, 0.1) is 17.6 Å². The highest BCUT2D eigenvalue weighted by Gasteiger charge is 2.46. The molecule has 0 radical (unpaired) electrons. The molecule has 0 aliphatic heterocycles. The van der Waals surface area contributed by atoms with Gasteiger partial charge in [-0.05, 0) is 18.6 Å². The number of carbonyl (C=O) groups excluding carboxylic acids is 1. The third-order valence-electron chi connectivity index (χ3n) is 3.69. The van der Waals surface area contributed by atoms with Gasteiger partial charge in [0.1, 0.15) is 18.2 Å². The molecule has 120 valence electrons. The first kappa shape index (κ1) is 15.1. The first-order valence-electron chi connectivity index (χ1n) is 6.95. The molecule has 2 aromatic rings. The maximum atomic E-state index is 13.7. The first-order valence-corrected chi connectivity index (χ1v) is 6.95. The lowest BCUT2D eigenvalue weighted by Gasteiger charge is -2.04. The third kappa shape index (κ3) is 3.20. The van der Waals surface area contributed by atoms with E-state index < -0.39 is 35.3 Å². The lowest BCUT2D eigenvalue weighted by molar-refractivity contribution is -0.137. The lowest BCUT2D eigenvalue weighted by Crippen LogP contribution is -2.16. The van der Waals surface area contributed by atoms with Gasteiger partial charge in [0.05, 0.1) is 0 Å². The summed E-state index contributed by atoms with van der Waals surface area (Å²) in [6.45, 7) is -0.317. The average Bonchev–Trinajstić information content (AvgIpc) is 3.13. The van der Waals surface area contributed by atoms with E-state index in [4.69, 9.17) is 5.11 Å². The van der Waals surface area contributed by atoms with E-state index in [1.807, 2.05) is 0 Å². The van der Waals surface area contributed by atoms with E-state index >= 15 is 0 Å². The van der Waals surface area contributed by atoms with E-state index in [1.165, 1.54) is 35.1 Å². The monoisotopic (exact) mass is 321 g/mol. The molecule has 2 N–H and O–H groups in total. The molecule has 0 saturated heterocycles. The second kappa shape index (κ2) is 5.79. The maximum absolute atomic E-state index is 13.7. The Bertz CT molecular complexity index is 755. The Morgan fingerprint density at radius 3 is 2.65 bits per heavy atom. The summed E-state index contributed by atoms with van der Waals surface area (Å²) in [6, 6.07) is 5.07. The van der Waals surface area contributed by atoms with Crippen LogP contribution in [0.1, 0.15) is 17.9 Å². The number of halogens is 2. The minimum Gasteiger partial charge on any atom is -0.480 e. The number of carbonyl (C=O) groups is 2. The summed E-state index contributed by atoms with van der Waals surface area (Å²) in [5.74, 6) is -3.56. The molecule has 8 heteroatoms. The highest BCUT2D eigenvalue weighted by atomic mass is 19.1. The predicted molar refractivity (Wildman–Crippen MR) is 75.7 cm³/mol. The van der Waals surface area contributed by atoms with Gasteiger partial charge in [-0.25, -0.2) is 8.78 Å². The predicted octanol–water partition coefficient (Wildman–Crippen LogP) is 1.99. The van der Waals surface area contributed by atoms with Crippen LogP contribution in [-0.4, -0.2) is 26.8 Å². The SMILES string of the molecule is O=C(O)Cn1ccc(NC(=O)C2CC2c2c(F)cccc2F)n1. The summed E-state index contributed by atoms with van der Waals surface area (Å²) in [5, 5.41) is 15.1. The van der Waals surface area contributed by atoms with Crippen LogP contribution < -0.4 is 5.32 Å². The molecule has 1 saturated carbocycles. The van der Waals surface area contributed by atoms with Gasteiger partial charge in [-0.15, -0.1) is 0 Å². The van der Waals surface area contributed by atoms with E-state index in [2.05, 4.69) is 10.4 Å². The number of carboxylic acids is 1. The molecule has 0 bridgehead atoms. The number of carboxylic acid groups (broad SMARTS) is 1. The van der Waals surface area contributed by atoms with Crippen molar-refractivity contribution >= 4 is 17.7 Å². The number of nitrogens with zero attached hydrogens (tertiary/aromatic N) is 2. The van der Waals surface area contributed by atoms with Gasteiger partial charge in [0.25, 0.3) is 0 Å². The zero-order chi connectivity index (χ0) is 16.6. The van der Waals surface area contributed by atoms with Gasteiger partial charge in [-0.1, -0.05) is 6.07 Å². The largest absolute Gasteiger partial charge is 0.480 e. The average molecular weight is 321 g/mol. The molecule has 1 aliphatic carbocycles. The Hall–Kier alpha value is -2.77. The van der Waals surface area contributed by atoms with Gasteiger partial charge < -0.3 is 10.4 Å². The fourth-order valence-corrected chi connectivity index (χ4v) is 2.54. The Morgan fingerprint density at radius 1 is 1.30 bits per heavy atom. The van der Waals surface area contributed by atoms with Crippen molar-refractivity contribution in [1.82, 2.24) is 9.78 Å². The summed E-state index contributed by atoms with van der Waals surface area (Å²) >= 11 is 0. The minimum absolute atomic E-state index is 0.0657. The summed E-state index contributed by atoms with van der Waals surface area (Å²) in [7, 11) is 0. The molecule has 1 aliphatic rings. The van der Waals surface area contributed by atoms with Crippen LogP contribution in [0.3, 0.4) is 0 Å². The van der Waals surface area contributed by atoms with Crippen LogP contribution in [-0.2, 0) is 16.1 Å². The molecule has 2 atom stereocenters. The van der Waals surface area contributed by atoms with Crippen LogP contribution in [0.5, 0.6) is 0 Å². The summed E-state index contributed by atoms with van der Waals surface area (Å²) in [4.78, 5) is 22.7. The fraction of sp³-hybridized carbons (Fsp3) is 0.267. The van der Waals surface area contributed by atoms with E-state index in [1.54, 1.807) is 0 Å². The van der Waals surface area contributed by atoms with Crippen molar-refractivity contribution in [2.24, 2.45) is 5.92 Å². The lowest BCUT2D eigenvalue weighted by atomic mass is 10.1. The van der Waals surface area contributed by atoms with Crippen molar-refractivity contribution in [1.29, 1.82) is 0 Å². The van der Waals surface area contributed by atoms with Gasteiger partial charge >= 0.3 is 5.97 Å². The number of aliphatic carboxylic acids is 1. The summed E-state index contributed by atoms with van der Waals surface area (Å²) < 4.78 is 28.5. The van der Waals surface area contributed by atoms with Gasteiger partial charge in [0.2, 0.25) is 5.91 Å². The van der Waals surface area contributed by atoms with Crippen molar-refractivity contribution in [3.63, 3.8) is 0 Å². The molecule has 2 unspecified atom stereocenters. The molecule has 0 spiro atoms. The van der Waals surface area contributed by atoms with Crippen molar-refractivity contribution < 1.29 is 23.5 Å². The molecule has 1 amide bonds. The van der Waals surface area contributed by atoms with Crippen LogP contribution in [0.4, 0.5) is 14.6 Å². The smallest absolute Gasteiger partial charge is 0.325 e. The number of nitrogens with one attached hydrogen (secondary N) is 1. The second-order valence-corrected chi connectivity index (χ2v) is 5.37. The van der Waals surface area contributed by atoms with Crippen molar-refractivity contribution in [3.8, 4) is 0 Å². The summed E-state index contributed by atoms with van der Waals surface area (Å²) in [5.41, 5.74) is -0.0657. The highest BCUT2D eigenvalue weighted by molar-refractivity contribution is 5.94. The molecule has 23 heavy (non-hydrogen) atoms. The Morgan fingerprint density at radius 2 is 2.00 bits per heavy atom. The van der Waals surface area contributed by atoms with Gasteiger partial charge in [0, 0.05) is 29.7 Å². The molecule has 1 fully saturated rings. The van der Waals surface area contributed by atoms with E-state index in [-0.39, 0.29) is 17.9 Å². The number of aromatic nitrogens is 2. The summed E-state index contributed by atoms with van der Waals surface area (Å²) in [6.07, 6.45) is 1.78. The Balaban J connectivity index is 1.64. The van der Waals surface area contributed by atoms with Gasteiger partial charge in [0.15, 0.2) is 5.82 Å². The zero-order valence-electron chi connectivity index (χ0n) is 11.9. The van der Waals surface area contributed by atoms with Crippen LogP contribution in [0.15, 0.2) is 30.5 Å². The number of anilines is 1. The molecule has 3 rings (SSSR count). The van der Waals surface area contributed by atoms with Crippen molar-refractivity contribution in [3.05, 3.63) is 47.7 Å². The van der Waals surface area contributed by atoms with Crippen LogP contribution >= 0.6 is 0 Å². The Kier molecular flexibility index (Phi) is 3.81. The highest BCUT2D eigenvalue weighted by Crippen LogP contribution is 2.49. The first-order chi connectivity index (χ1) is 11.0. The number of benzene rings is 1. The second-order valence-electron chi connectivity index (χ2n) is 5.37. The van der Waals surface area contributed by atoms with Crippen LogP contribution in [0.2, 0.25) is 0 Å². The number of amides is 1. The quantitative estimate of drug-likeness (QED) is 0.882. The topological polar surface area (TPSA) is 84.2 Å². The molecule has 1 aromatic carbocycles. The van der Waals surface area contributed by atoms with E-state index in [9.17, 15) is 18.4 Å². The minimum atomic E-state index is -1.05. The molecular formula is C15H13F2N3O3. The number of rotatable bonds is 5. The van der Waals surface area contributed by atoms with E-state index in [0.717, 1.165) is 0 Å². The van der Waals surface area contributed by atoms with Crippen molar-refractivity contribution in [2.45, 2.75) is 18.9 Å². The van der Waals surface area contributed by atoms with Crippen LogP contribution in [0.25, 0.3) is 0 Å². The molecule has 1 heterocycles.